The number of hydrogen-bond acceptors (Lipinski definition) is 4. The minimum Gasteiger partial charge on any atom is -0.465 e. The molecule has 25 heavy (non-hydrogen) atoms. The Morgan fingerprint density at radius 2 is 2.20 bits per heavy atom. The summed E-state index contributed by atoms with van der Waals surface area (Å²) in [5.74, 6) is 2.99. The van der Waals surface area contributed by atoms with Gasteiger partial charge in [0.2, 0.25) is 5.91 Å². The molecule has 2 aliphatic rings. The molecule has 0 N–H and O–H groups in total. The monoisotopic (exact) mass is 358 g/mol. The van der Waals surface area contributed by atoms with Gasteiger partial charge >= 0.3 is 0 Å². The van der Waals surface area contributed by atoms with Crippen LogP contribution in [0.25, 0.3) is 0 Å². The van der Waals surface area contributed by atoms with E-state index in [0.29, 0.717) is 24.3 Å². The number of thiophene rings is 1. The second-order valence-corrected chi connectivity index (χ2v) is 8.35. The van der Waals surface area contributed by atoms with Crippen molar-refractivity contribution >= 4 is 17.2 Å². The quantitative estimate of drug-likeness (QED) is 0.818. The maximum Gasteiger partial charge on any atom is 0.222 e. The summed E-state index contributed by atoms with van der Waals surface area (Å²) in [5, 5.41) is 2.12. The van der Waals surface area contributed by atoms with E-state index in [2.05, 4.69) is 33.4 Å². The first-order valence-electron chi connectivity index (χ1n) is 9.28. The smallest absolute Gasteiger partial charge is 0.222 e. The molecule has 0 bridgehead atoms. The molecule has 4 heterocycles. The molecule has 1 amide bonds. The van der Waals surface area contributed by atoms with Gasteiger partial charge in [0.25, 0.3) is 0 Å². The third kappa shape index (κ3) is 3.82. The highest BCUT2D eigenvalue weighted by Gasteiger charge is 2.39. The molecule has 2 aliphatic heterocycles. The zero-order valence-electron chi connectivity index (χ0n) is 14.8. The second kappa shape index (κ2) is 7.34. The van der Waals surface area contributed by atoms with E-state index in [-0.39, 0.29) is 0 Å². The number of hydrogen-bond donors (Lipinski definition) is 0. The third-order valence-corrected chi connectivity index (χ3v) is 6.52. The molecule has 2 fully saturated rings. The van der Waals surface area contributed by atoms with Crippen LogP contribution in [0.1, 0.15) is 35.7 Å². The molecule has 0 aromatic carbocycles. The van der Waals surface area contributed by atoms with E-state index in [1.807, 2.05) is 13.0 Å². The zero-order chi connectivity index (χ0) is 17.2. The van der Waals surface area contributed by atoms with Gasteiger partial charge in [-0.3, -0.25) is 9.69 Å². The number of piperidine rings is 2. The van der Waals surface area contributed by atoms with Gasteiger partial charge in [0.05, 0.1) is 6.54 Å². The fraction of sp³-hybridized carbons (Fsp3) is 0.550. The first-order chi connectivity index (χ1) is 12.2. The van der Waals surface area contributed by atoms with Crippen molar-refractivity contribution in [3.63, 3.8) is 0 Å². The molecule has 2 atom stereocenters. The lowest BCUT2D eigenvalue weighted by Crippen LogP contribution is -2.56. The summed E-state index contributed by atoms with van der Waals surface area (Å²) in [6, 6.07) is 8.81. The summed E-state index contributed by atoms with van der Waals surface area (Å²) < 4.78 is 5.74. The van der Waals surface area contributed by atoms with Crippen LogP contribution < -0.4 is 0 Å². The Hall–Kier alpha value is -1.59. The standard InChI is InChI=1S/C20H26N2O2S/c1-15-4-6-17(24-15)14-21-10-9-19-16(13-21)5-7-20(23)22(19)11-8-18-3-2-12-25-18/h2-4,6,12,16,19H,5,7-11,13-14H2,1H3/t16-,19+/m0/s1. The number of carbonyl (C=O) groups excluding carboxylic acids is 1. The Balaban J connectivity index is 1.37. The largest absolute Gasteiger partial charge is 0.465 e. The van der Waals surface area contributed by atoms with Crippen molar-refractivity contribution in [2.45, 2.75) is 45.2 Å². The lowest BCUT2D eigenvalue weighted by molar-refractivity contribution is -0.141. The molecule has 0 saturated carbocycles. The fourth-order valence-electron chi connectivity index (χ4n) is 4.34. The van der Waals surface area contributed by atoms with Gasteiger partial charge in [-0.1, -0.05) is 6.07 Å². The number of rotatable bonds is 5. The van der Waals surface area contributed by atoms with E-state index < -0.39 is 0 Å². The number of carbonyl (C=O) groups is 1. The molecule has 0 spiro atoms. The van der Waals surface area contributed by atoms with Crippen molar-refractivity contribution in [1.82, 2.24) is 9.80 Å². The van der Waals surface area contributed by atoms with Crippen LogP contribution in [0.5, 0.6) is 0 Å². The summed E-state index contributed by atoms with van der Waals surface area (Å²) in [6.45, 7) is 5.88. The maximum absolute atomic E-state index is 12.5. The average Bonchev–Trinajstić information content (AvgIpc) is 3.26. The second-order valence-electron chi connectivity index (χ2n) is 7.32. The molecular weight excluding hydrogens is 332 g/mol. The van der Waals surface area contributed by atoms with Crippen LogP contribution in [0.15, 0.2) is 34.1 Å². The lowest BCUT2D eigenvalue weighted by Gasteiger charge is -2.47. The zero-order valence-corrected chi connectivity index (χ0v) is 15.6. The highest BCUT2D eigenvalue weighted by atomic mass is 32.1. The SMILES string of the molecule is Cc1ccc(CN2CC[C@@H]3[C@@H](CCC(=O)N3CCc3cccs3)C2)o1. The minimum absolute atomic E-state index is 0.355. The van der Waals surface area contributed by atoms with Crippen molar-refractivity contribution in [2.75, 3.05) is 19.6 Å². The van der Waals surface area contributed by atoms with Crippen LogP contribution in [-0.4, -0.2) is 41.4 Å². The normalized spacial score (nSPS) is 24.5. The highest BCUT2D eigenvalue weighted by molar-refractivity contribution is 7.09. The van der Waals surface area contributed by atoms with E-state index >= 15 is 0 Å². The van der Waals surface area contributed by atoms with Crippen LogP contribution in [0.3, 0.4) is 0 Å². The van der Waals surface area contributed by atoms with Crippen molar-refractivity contribution in [2.24, 2.45) is 5.92 Å². The predicted molar refractivity (Wildman–Crippen MR) is 99.6 cm³/mol. The number of furan rings is 1. The Labute approximate surface area is 153 Å². The van der Waals surface area contributed by atoms with Gasteiger partial charge in [0, 0.05) is 37.0 Å². The minimum atomic E-state index is 0.355. The van der Waals surface area contributed by atoms with Crippen LogP contribution in [0.4, 0.5) is 0 Å². The first-order valence-corrected chi connectivity index (χ1v) is 10.2. The average molecular weight is 359 g/mol. The van der Waals surface area contributed by atoms with Gasteiger partial charge in [-0.25, -0.2) is 0 Å². The number of fused-ring (bicyclic) bond motifs is 1. The van der Waals surface area contributed by atoms with Crippen LogP contribution in [-0.2, 0) is 17.8 Å². The van der Waals surface area contributed by atoms with E-state index in [1.165, 1.54) is 4.88 Å². The van der Waals surface area contributed by atoms with E-state index in [0.717, 1.165) is 57.0 Å². The predicted octanol–water partition coefficient (Wildman–Crippen LogP) is 3.71. The molecule has 2 saturated heterocycles. The van der Waals surface area contributed by atoms with Crippen molar-refractivity contribution in [3.8, 4) is 0 Å². The van der Waals surface area contributed by atoms with Crippen LogP contribution in [0.2, 0.25) is 0 Å². The van der Waals surface area contributed by atoms with E-state index in [9.17, 15) is 4.79 Å². The first kappa shape index (κ1) is 16.9. The number of likely N-dealkylation sites (tertiary alicyclic amines) is 2. The molecule has 0 aliphatic carbocycles. The van der Waals surface area contributed by atoms with Crippen LogP contribution >= 0.6 is 11.3 Å². The number of amides is 1. The molecule has 2 aromatic heterocycles. The van der Waals surface area contributed by atoms with E-state index in [1.54, 1.807) is 11.3 Å². The Morgan fingerprint density at radius 1 is 1.28 bits per heavy atom. The Bertz CT molecular complexity index is 709. The molecule has 4 nitrogen and oxygen atoms in total. The van der Waals surface area contributed by atoms with Gasteiger partial charge in [-0.2, -0.15) is 0 Å². The van der Waals surface area contributed by atoms with Gasteiger partial charge < -0.3 is 9.32 Å². The summed E-state index contributed by atoms with van der Waals surface area (Å²) in [5.41, 5.74) is 0. The van der Waals surface area contributed by atoms with Gasteiger partial charge in [0.1, 0.15) is 11.5 Å². The van der Waals surface area contributed by atoms with Crippen molar-refractivity contribution < 1.29 is 9.21 Å². The topological polar surface area (TPSA) is 36.7 Å². The fourth-order valence-corrected chi connectivity index (χ4v) is 5.03. The third-order valence-electron chi connectivity index (χ3n) is 5.58. The van der Waals surface area contributed by atoms with Gasteiger partial charge in [-0.05, 0) is 55.7 Å². The summed E-state index contributed by atoms with van der Waals surface area (Å²) in [6.07, 6.45) is 3.81. The molecule has 5 heteroatoms. The molecule has 2 aromatic rings. The van der Waals surface area contributed by atoms with E-state index in [4.69, 9.17) is 4.42 Å². The molecule has 4 rings (SSSR count). The number of aryl methyl sites for hydroxylation is 1. The number of nitrogens with zero attached hydrogens (tertiary/aromatic N) is 2. The molecule has 0 unspecified atom stereocenters. The van der Waals surface area contributed by atoms with Gasteiger partial charge in [-0.15, -0.1) is 11.3 Å². The lowest BCUT2D eigenvalue weighted by atomic mass is 9.83. The summed E-state index contributed by atoms with van der Waals surface area (Å²) >= 11 is 1.79. The molecule has 134 valence electrons. The summed E-state index contributed by atoms with van der Waals surface area (Å²) in [7, 11) is 0. The Kier molecular flexibility index (Phi) is 4.95. The van der Waals surface area contributed by atoms with Crippen molar-refractivity contribution in [1.29, 1.82) is 0 Å². The summed E-state index contributed by atoms with van der Waals surface area (Å²) in [4.78, 5) is 18.5. The van der Waals surface area contributed by atoms with Crippen molar-refractivity contribution in [3.05, 3.63) is 46.0 Å². The maximum atomic E-state index is 12.5. The highest BCUT2D eigenvalue weighted by Crippen LogP contribution is 2.32. The Morgan fingerprint density at radius 3 is 2.96 bits per heavy atom. The van der Waals surface area contributed by atoms with Crippen LogP contribution in [0, 0.1) is 12.8 Å². The van der Waals surface area contributed by atoms with Gasteiger partial charge in [0.15, 0.2) is 0 Å². The molecular formula is C20H26N2O2S. The molecule has 0 radical (unpaired) electrons.